The Morgan fingerprint density at radius 3 is 2.62 bits per heavy atom. The Hall–Kier alpha value is -3.27. The van der Waals surface area contributed by atoms with E-state index in [1.807, 2.05) is 0 Å². The molecule has 2 aromatic carbocycles. The molecule has 0 spiro atoms. The number of aromatic nitrogens is 2. The van der Waals surface area contributed by atoms with Gasteiger partial charge < -0.3 is 5.32 Å². The molecule has 166 valence electrons. The van der Waals surface area contributed by atoms with Crippen molar-refractivity contribution in [2.24, 2.45) is 0 Å². The van der Waals surface area contributed by atoms with Gasteiger partial charge in [-0.25, -0.2) is 18.6 Å². The number of carbonyl (C=O) groups is 2. The Balaban J connectivity index is 1.59. The number of hydrogen-bond donors (Lipinski definition) is 2. The van der Waals surface area contributed by atoms with E-state index in [1.165, 1.54) is 0 Å². The highest BCUT2D eigenvalue weighted by Gasteiger charge is 2.20. The van der Waals surface area contributed by atoms with Crippen molar-refractivity contribution in [3.05, 3.63) is 64.5 Å². The summed E-state index contributed by atoms with van der Waals surface area (Å²) in [6, 6.07) is 8.87. The molecular formula is C22H20F2N4O3S. The Labute approximate surface area is 186 Å². The number of imide groups is 1. The van der Waals surface area contributed by atoms with Crippen LogP contribution in [0.2, 0.25) is 0 Å². The minimum atomic E-state index is -0.938. The fourth-order valence-corrected chi connectivity index (χ4v) is 4.47. The summed E-state index contributed by atoms with van der Waals surface area (Å²) in [6.07, 6.45) is 3.85. The average Bonchev–Trinajstić information content (AvgIpc) is 3.26. The van der Waals surface area contributed by atoms with Crippen molar-refractivity contribution in [3.8, 4) is 5.69 Å². The number of para-hydroxylation sites is 1. The van der Waals surface area contributed by atoms with Crippen molar-refractivity contribution in [1.29, 1.82) is 0 Å². The molecule has 32 heavy (non-hydrogen) atoms. The molecule has 3 aromatic rings. The molecule has 0 unspecified atom stereocenters. The number of hydrogen-bond acceptors (Lipinski definition) is 5. The molecule has 0 aliphatic heterocycles. The molecule has 1 aromatic heterocycles. The van der Waals surface area contributed by atoms with Gasteiger partial charge in [-0.15, -0.1) is 0 Å². The lowest BCUT2D eigenvalue weighted by Gasteiger charge is -2.14. The van der Waals surface area contributed by atoms with E-state index in [1.54, 1.807) is 24.3 Å². The van der Waals surface area contributed by atoms with Crippen LogP contribution in [0, 0.1) is 11.6 Å². The third kappa shape index (κ3) is 4.80. The second kappa shape index (κ2) is 9.47. The Morgan fingerprint density at radius 2 is 1.88 bits per heavy atom. The van der Waals surface area contributed by atoms with Gasteiger partial charge in [0.15, 0.2) is 5.16 Å². The van der Waals surface area contributed by atoms with Crippen LogP contribution in [0.1, 0.15) is 25.7 Å². The van der Waals surface area contributed by atoms with Crippen LogP contribution in [0.4, 0.5) is 13.6 Å². The maximum atomic E-state index is 14.5. The van der Waals surface area contributed by atoms with Gasteiger partial charge in [-0.2, -0.15) is 0 Å². The predicted molar refractivity (Wildman–Crippen MR) is 117 cm³/mol. The number of thioether (sulfide) groups is 1. The molecule has 1 saturated carbocycles. The molecule has 1 aliphatic carbocycles. The Bertz CT molecular complexity index is 1240. The third-order valence-electron chi connectivity index (χ3n) is 5.17. The lowest BCUT2D eigenvalue weighted by molar-refractivity contribution is -0.117. The van der Waals surface area contributed by atoms with Crippen molar-refractivity contribution in [2.45, 2.75) is 36.9 Å². The quantitative estimate of drug-likeness (QED) is 0.451. The van der Waals surface area contributed by atoms with Crippen LogP contribution in [0.3, 0.4) is 0 Å². The van der Waals surface area contributed by atoms with Gasteiger partial charge in [0, 0.05) is 12.1 Å². The van der Waals surface area contributed by atoms with Crippen LogP contribution < -0.4 is 16.2 Å². The molecule has 1 heterocycles. The monoisotopic (exact) mass is 458 g/mol. The fourth-order valence-electron chi connectivity index (χ4n) is 3.67. The van der Waals surface area contributed by atoms with E-state index in [0.717, 1.165) is 54.1 Å². The van der Waals surface area contributed by atoms with Crippen LogP contribution in [0.15, 0.2) is 52.4 Å². The first-order chi connectivity index (χ1) is 15.4. The summed E-state index contributed by atoms with van der Waals surface area (Å²) in [4.78, 5) is 41.8. The molecule has 0 bridgehead atoms. The molecule has 0 radical (unpaired) electrons. The molecule has 7 nitrogen and oxygen atoms in total. The second-order valence-electron chi connectivity index (χ2n) is 7.44. The van der Waals surface area contributed by atoms with Gasteiger partial charge in [0.05, 0.1) is 22.3 Å². The highest BCUT2D eigenvalue weighted by molar-refractivity contribution is 7.99. The summed E-state index contributed by atoms with van der Waals surface area (Å²) < 4.78 is 28.9. The molecule has 2 N–H and O–H groups in total. The lowest BCUT2D eigenvalue weighted by Crippen LogP contribution is -2.44. The second-order valence-corrected chi connectivity index (χ2v) is 8.38. The Kier molecular flexibility index (Phi) is 6.50. The van der Waals surface area contributed by atoms with Crippen molar-refractivity contribution < 1.29 is 18.4 Å². The summed E-state index contributed by atoms with van der Waals surface area (Å²) >= 11 is 0.876. The summed E-state index contributed by atoms with van der Waals surface area (Å²) in [5.41, 5.74) is -0.363. The molecule has 1 fully saturated rings. The van der Waals surface area contributed by atoms with Gasteiger partial charge in [-0.3, -0.25) is 19.5 Å². The zero-order valence-electron chi connectivity index (χ0n) is 16.9. The number of urea groups is 1. The summed E-state index contributed by atoms with van der Waals surface area (Å²) in [5, 5.41) is 5.31. The largest absolute Gasteiger partial charge is 0.335 e. The van der Waals surface area contributed by atoms with Gasteiger partial charge in [-0.05, 0) is 37.1 Å². The van der Waals surface area contributed by atoms with Crippen molar-refractivity contribution in [2.75, 3.05) is 5.75 Å². The van der Waals surface area contributed by atoms with E-state index in [4.69, 9.17) is 0 Å². The standard InChI is InChI=1S/C22H20F2N4O3S/c23-13-9-10-18(16(24)11-13)28-20(30)15-7-3-4-8-17(15)26-22(28)32-12-19(29)27-21(31)25-14-5-1-2-6-14/h3-4,7-11,14H,1-2,5-6,12H2,(H2,25,27,29,31). The zero-order chi connectivity index (χ0) is 22.7. The smallest absolute Gasteiger partial charge is 0.321 e. The van der Waals surface area contributed by atoms with E-state index in [2.05, 4.69) is 15.6 Å². The van der Waals surface area contributed by atoms with Crippen LogP contribution in [-0.2, 0) is 4.79 Å². The minimum absolute atomic E-state index is 0.0468. The number of nitrogens with zero attached hydrogens (tertiary/aromatic N) is 2. The normalized spacial score (nSPS) is 13.9. The zero-order valence-corrected chi connectivity index (χ0v) is 17.8. The number of amides is 3. The van der Waals surface area contributed by atoms with E-state index in [0.29, 0.717) is 11.6 Å². The molecule has 1 aliphatic rings. The van der Waals surface area contributed by atoms with Crippen molar-refractivity contribution in [1.82, 2.24) is 20.2 Å². The van der Waals surface area contributed by atoms with Gasteiger partial charge in [0.1, 0.15) is 11.6 Å². The maximum absolute atomic E-state index is 14.5. The summed E-state index contributed by atoms with van der Waals surface area (Å²) in [5.74, 6) is -2.54. The molecule has 0 atom stereocenters. The SMILES string of the molecule is O=C(CSc1nc2ccccc2c(=O)n1-c1ccc(F)cc1F)NC(=O)NC1CCCC1. The van der Waals surface area contributed by atoms with Gasteiger partial charge >= 0.3 is 6.03 Å². The number of rotatable bonds is 5. The Morgan fingerprint density at radius 1 is 1.12 bits per heavy atom. The number of carbonyl (C=O) groups excluding carboxylic acids is 2. The number of benzene rings is 2. The van der Waals surface area contributed by atoms with Crippen LogP contribution >= 0.6 is 11.8 Å². The highest BCUT2D eigenvalue weighted by Crippen LogP contribution is 2.23. The molecular weight excluding hydrogens is 438 g/mol. The summed E-state index contributed by atoms with van der Waals surface area (Å²) in [7, 11) is 0. The first kappa shape index (κ1) is 21.9. The van der Waals surface area contributed by atoms with Crippen LogP contribution in [0.5, 0.6) is 0 Å². The first-order valence-corrected chi connectivity index (χ1v) is 11.1. The van der Waals surface area contributed by atoms with Crippen molar-refractivity contribution >= 4 is 34.6 Å². The van der Waals surface area contributed by atoms with E-state index in [9.17, 15) is 23.2 Å². The highest BCUT2D eigenvalue weighted by atomic mass is 32.2. The molecule has 4 rings (SSSR count). The number of fused-ring (bicyclic) bond motifs is 1. The lowest BCUT2D eigenvalue weighted by atomic mass is 10.2. The third-order valence-corrected chi connectivity index (χ3v) is 6.11. The fraction of sp³-hybridized carbons (Fsp3) is 0.273. The van der Waals surface area contributed by atoms with E-state index < -0.39 is 29.1 Å². The average molecular weight is 458 g/mol. The summed E-state index contributed by atoms with van der Waals surface area (Å²) in [6.45, 7) is 0. The molecule has 0 saturated heterocycles. The predicted octanol–water partition coefficient (Wildman–Crippen LogP) is 3.52. The topological polar surface area (TPSA) is 93.1 Å². The van der Waals surface area contributed by atoms with Crippen molar-refractivity contribution in [3.63, 3.8) is 0 Å². The van der Waals surface area contributed by atoms with Gasteiger partial charge in [0.2, 0.25) is 5.91 Å². The van der Waals surface area contributed by atoms with Crippen LogP contribution in [0.25, 0.3) is 16.6 Å². The maximum Gasteiger partial charge on any atom is 0.321 e. The number of nitrogens with one attached hydrogen (secondary N) is 2. The van der Waals surface area contributed by atoms with Gasteiger partial charge in [0.25, 0.3) is 5.56 Å². The minimum Gasteiger partial charge on any atom is -0.335 e. The number of halogens is 2. The van der Waals surface area contributed by atoms with E-state index in [-0.39, 0.29) is 28.0 Å². The first-order valence-electron chi connectivity index (χ1n) is 10.1. The van der Waals surface area contributed by atoms with Crippen LogP contribution in [-0.4, -0.2) is 33.3 Å². The molecule has 10 heteroatoms. The van der Waals surface area contributed by atoms with E-state index >= 15 is 0 Å². The molecule has 3 amide bonds. The van der Waals surface area contributed by atoms with Gasteiger partial charge in [-0.1, -0.05) is 36.7 Å².